The van der Waals surface area contributed by atoms with Gasteiger partial charge in [0, 0.05) is 6.04 Å². The van der Waals surface area contributed by atoms with Crippen molar-refractivity contribution in [1.82, 2.24) is 0 Å². The predicted molar refractivity (Wildman–Crippen MR) is 87.4 cm³/mol. The number of halogens is 1. The number of nitrogens with two attached hydrogens (primary N) is 1. The van der Waals surface area contributed by atoms with E-state index < -0.39 is 18.3 Å². The summed E-state index contributed by atoms with van der Waals surface area (Å²) in [5.74, 6) is 1.05. The molecular weight excluding hydrogens is 293 g/mol. The van der Waals surface area contributed by atoms with E-state index >= 15 is 0 Å². The van der Waals surface area contributed by atoms with Crippen molar-refractivity contribution < 1.29 is 14.6 Å². The minimum Gasteiger partial charge on any atom is -0.508 e. The van der Waals surface area contributed by atoms with E-state index in [-0.39, 0.29) is 28.6 Å². The summed E-state index contributed by atoms with van der Waals surface area (Å²) in [6.07, 6.45) is 7.46. The molecule has 128 valence electrons. The Hall–Kier alpha value is -0.870. The second kappa shape index (κ2) is 4.82. The molecule has 23 heavy (non-hydrogen) atoms. The van der Waals surface area contributed by atoms with E-state index in [1.807, 2.05) is 6.08 Å². The van der Waals surface area contributed by atoms with Crippen LogP contribution < -0.4 is 5.73 Å². The first-order valence-corrected chi connectivity index (χ1v) is 8.95. The highest BCUT2D eigenvalue weighted by atomic mass is 19.1. The van der Waals surface area contributed by atoms with Crippen LogP contribution in [0.5, 0.6) is 0 Å². The summed E-state index contributed by atoms with van der Waals surface area (Å²) in [4.78, 5) is 0. The van der Waals surface area contributed by atoms with Crippen LogP contribution in [0.25, 0.3) is 0 Å². The molecule has 4 aliphatic carbocycles. The van der Waals surface area contributed by atoms with Crippen molar-refractivity contribution in [1.29, 1.82) is 0 Å². The van der Waals surface area contributed by atoms with Gasteiger partial charge in [-0.1, -0.05) is 19.9 Å². The fraction of sp³-hybridized carbons (Fsp3) is 0.789. The van der Waals surface area contributed by atoms with Gasteiger partial charge in [0.15, 0.2) is 0 Å². The van der Waals surface area contributed by atoms with Gasteiger partial charge in [0.25, 0.3) is 0 Å². The molecule has 0 radical (unpaired) electrons. The second-order valence-corrected chi connectivity index (χ2v) is 8.81. The molecule has 3 saturated carbocycles. The number of hydrogen-bond acceptors (Lipinski definition) is 3. The minimum atomic E-state index is -0.952. The van der Waals surface area contributed by atoms with Crippen molar-refractivity contribution in [2.75, 3.05) is 0 Å². The van der Waals surface area contributed by atoms with Crippen LogP contribution in [0.1, 0.15) is 39.5 Å². The molecule has 1 unspecified atom stereocenters. The first-order chi connectivity index (χ1) is 10.8. The smallest absolute Gasteiger partial charge is 0.116 e. The van der Waals surface area contributed by atoms with Gasteiger partial charge >= 0.3 is 0 Å². The molecule has 4 N–H and O–H groups in total. The molecule has 0 aromatic carbocycles. The van der Waals surface area contributed by atoms with E-state index in [1.165, 1.54) is 0 Å². The lowest BCUT2D eigenvalue weighted by molar-refractivity contribution is -0.124. The Balaban J connectivity index is 1.73. The molecule has 0 spiro atoms. The zero-order chi connectivity index (χ0) is 16.6. The third-order valence-electron chi connectivity index (χ3n) is 7.92. The Kier molecular flexibility index (Phi) is 3.28. The molecule has 0 aromatic rings. The highest BCUT2D eigenvalue weighted by Gasteiger charge is 2.63. The minimum absolute atomic E-state index is 0.0596. The Labute approximate surface area is 137 Å². The molecule has 4 heteroatoms. The van der Waals surface area contributed by atoms with E-state index in [1.54, 1.807) is 6.08 Å². The van der Waals surface area contributed by atoms with E-state index in [0.29, 0.717) is 24.5 Å². The molecule has 0 amide bonds. The van der Waals surface area contributed by atoms with Gasteiger partial charge in [-0.3, -0.25) is 0 Å². The van der Waals surface area contributed by atoms with Crippen LogP contribution in [0.4, 0.5) is 4.39 Å². The van der Waals surface area contributed by atoms with Crippen LogP contribution in [0, 0.1) is 34.5 Å². The molecule has 0 heterocycles. The number of hydrogen-bond donors (Lipinski definition) is 3. The Morgan fingerprint density at radius 2 is 2.00 bits per heavy atom. The van der Waals surface area contributed by atoms with Gasteiger partial charge in [-0.2, -0.15) is 0 Å². The molecule has 0 bridgehead atoms. The zero-order valence-electron chi connectivity index (χ0n) is 14.0. The molecule has 0 aromatic heterocycles. The van der Waals surface area contributed by atoms with E-state index in [9.17, 15) is 14.6 Å². The zero-order valence-corrected chi connectivity index (χ0v) is 14.0. The topological polar surface area (TPSA) is 66.5 Å². The lowest BCUT2D eigenvalue weighted by Gasteiger charge is -2.59. The summed E-state index contributed by atoms with van der Waals surface area (Å²) < 4.78 is 14.4. The Morgan fingerprint density at radius 1 is 1.26 bits per heavy atom. The van der Waals surface area contributed by atoms with E-state index in [0.717, 1.165) is 12.8 Å². The fourth-order valence-electron chi connectivity index (χ4n) is 6.44. The normalized spacial score (nSPS) is 58.1. The van der Waals surface area contributed by atoms with Crippen molar-refractivity contribution in [3.63, 3.8) is 0 Å². The van der Waals surface area contributed by atoms with Crippen molar-refractivity contribution in [2.45, 2.75) is 57.8 Å². The maximum atomic E-state index is 14.4. The number of fused-ring (bicyclic) bond motifs is 5. The molecular formula is C19H28FNO2. The lowest BCUT2D eigenvalue weighted by Crippen LogP contribution is -2.57. The lowest BCUT2D eigenvalue weighted by atomic mass is 9.46. The van der Waals surface area contributed by atoms with Gasteiger partial charge < -0.3 is 15.9 Å². The Morgan fingerprint density at radius 3 is 2.74 bits per heavy atom. The largest absolute Gasteiger partial charge is 0.508 e. The van der Waals surface area contributed by atoms with Gasteiger partial charge in [-0.05, 0) is 72.3 Å². The average Bonchev–Trinajstić information content (AvgIpc) is 2.73. The number of aliphatic hydroxyl groups excluding tert-OH is 2. The highest BCUT2D eigenvalue weighted by Crippen LogP contribution is 2.64. The molecule has 3 nitrogen and oxygen atoms in total. The van der Waals surface area contributed by atoms with Crippen molar-refractivity contribution in [3.8, 4) is 0 Å². The van der Waals surface area contributed by atoms with Crippen molar-refractivity contribution in [3.05, 3.63) is 24.0 Å². The molecule has 0 aliphatic heterocycles. The van der Waals surface area contributed by atoms with Gasteiger partial charge in [0.2, 0.25) is 0 Å². The standard InChI is InChI=1S/C19H28FNO2/c1-18-5-3-11(22)7-10(18)8-15(23)16-12(18)4-6-19(2)13(16)9-14(20)17(19)21/h3,5,7,10,12-17,22-23H,4,6,8-9,21H2,1-2H3/t10?,12-,13-,14+,15-,16+,17-,18-,19-/m0/s1. The monoisotopic (exact) mass is 321 g/mol. The number of allylic oxidation sites excluding steroid dienone is 3. The third-order valence-corrected chi connectivity index (χ3v) is 7.92. The van der Waals surface area contributed by atoms with E-state index in [4.69, 9.17) is 5.73 Å². The van der Waals surface area contributed by atoms with Crippen LogP contribution in [0.15, 0.2) is 24.0 Å². The molecule has 4 rings (SSSR count). The average molecular weight is 321 g/mol. The number of aliphatic hydroxyl groups is 2. The summed E-state index contributed by atoms with van der Waals surface area (Å²) in [7, 11) is 0. The van der Waals surface area contributed by atoms with Gasteiger partial charge in [0.1, 0.15) is 11.9 Å². The third kappa shape index (κ3) is 1.94. The SMILES string of the molecule is C[C@]12CC[C@H]3[C@@H]([C@@H](O)CC4C=C(O)C=C[C@@]43C)[C@@H]1C[C@@H](F)[C@@H]2N. The quantitative estimate of drug-likeness (QED) is 0.642. The van der Waals surface area contributed by atoms with Crippen molar-refractivity contribution in [2.24, 2.45) is 40.2 Å². The summed E-state index contributed by atoms with van der Waals surface area (Å²) in [6, 6.07) is -0.406. The van der Waals surface area contributed by atoms with Gasteiger partial charge in [-0.25, -0.2) is 4.39 Å². The first-order valence-electron chi connectivity index (χ1n) is 8.95. The van der Waals surface area contributed by atoms with Gasteiger partial charge in [0.05, 0.1) is 6.10 Å². The summed E-state index contributed by atoms with van der Waals surface area (Å²) >= 11 is 0. The number of alkyl halides is 1. The van der Waals surface area contributed by atoms with E-state index in [2.05, 4.69) is 19.9 Å². The maximum absolute atomic E-state index is 14.4. The maximum Gasteiger partial charge on any atom is 0.116 e. The first kappa shape index (κ1) is 15.6. The van der Waals surface area contributed by atoms with Crippen LogP contribution in [0.3, 0.4) is 0 Å². The molecule has 3 fully saturated rings. The summed E-state index contributed by atoms with van der Waals surface area (Å²) in [5, 5.41) is 20.7. The van der Waals surface area contributed by atoms with Crippen LogP contribution >= 0.6 is 0 Å². The molecule has 4 aliphatic rings. The van der Waals surface area contributed by atoms with Crippen LogP contribution in [-0.2, 0) is 0 Å². The predicted octanol–water partition coefficient (Wildman–Crippen LogP) is 3.10. The molecule has 9 atom stereocenters. The van der Waals surface area contributed by atoms with Crippen LogP contribution in [0.2, 0.25) is 0 Å². The Bertz CT molecular complexity index is 576. The molecule has 0 saturated heterocycles. The highest BCUT2D eigenvalue weighted by molar-refractivity contribution is 5.28. The van der Waals surface area contributed by atoms with Crippen LogP contribution in [-0.4, -0.2) is 28.5 Å². The summed E-state index contributed by atoms with van der Waals surface area (Å²) in [5.41, 5.74) is 5.95. The number of rotatable bonds is 0. The van der Waals surface area contributed by atoms with Crippen molar-refractivity contribution >= 4 is 0 Å². The van der Waals surface area contributed by atoms with Gasteiger partial charge in [-0.15, -0.1) is 0 Å². The fourth-order valence-corrected chi connectivity index (χ4v) is 6.44. The second-order valence-electron chi connectivity index (χ2n) is 8.81. The summed E-state index contributed by atoms with van der Waals surface area (Å²) in [6.45, 7) is 4.37.